The maximum Gasteiger partial charge on any atom is 0.407 e. The van der Waals surface area contributed by atoms with Crippen LogP contribution in [0.15, 0.2) is 0 Å². The molecule has 1 saturated heterocycles. The molecule has 0 bridgehead atoms. The maximum absolute atomic E-state index is 10.5. The predicted octanol–water partition coefficient (Wildman–Crippen LogP) is 1.81. The molecule has 0 radical (unpaired) electrons. The third-order valence-electron chi connectivity index (χ3n) is 2.10. The molecular formula is C7H12INO2. The van der Waals surface area contributed by atoms with Gasteiger partial charge in [0.1, 0.15) is 0 Å². The van der Waals surface area contributed by atoms with E-state index in [2.05, 4.69) is 22.6 Å². The van der Waals surface area contributed by atoms with Crippen molar-refractivity contribution in [1.82, 2.24) is 4.90 Å². The number of piperidine rings is 1. The maximum atomic E-state index is 10.5. The van der Waals surface area contributed by atoms with Gasteiger partial charge in [0, 0.05) is 17.5 Å². The number of halogens is 1. The Balaban J connectivity index is 2.30. The Morgan fingerprint density at radius 2 is 2.09 bits per heavy atom. The summed E-state index contributed by atoms with van der Waals surface area (Å²) in [7, 11) is 0. The van der Waals surface area contributed by atoms with Gasteiger partial charge < -0.3 is 10.0 Å². The fourth-order valence-corrected chi connectivity index (χ4v) is 2.16. The van der Waals surface area contributed by atoms with Crippen molar-refractivity contribution < 1.29 is 9.90 Å². The van der Waals surface area contributed by atoms with Crippen LogP contribution in [0.3, 0.4) is 0 Å². The molecule has 0 aromatic rings. The number of alkyl halides is 1. The number of amides is 1. The molecule has 0 atom stereocenters. The van der Waals surface area contributed by atoms with Gasteiger partial charge in [0.15, 0.2) is 0 Å². The van der Waals surface area contributed by atoms with E-state index >= 15 is 0 Å². The average Bonchev–Trinajstić information content (AvgIpc) is 2.05. The van der Waals surface area contributed by atoms with E-state index < -0.39 is 6.09 Å². The standard InChI is InChI=1S/C7H12INO2/c8-5-6-1-3-9(4-2-6)7(10)11/h6H,1-5H2,(H,10,11). The van der Waals surface area contributed by atoms with Crippen molar-refractivity contribution in [3.8, 4) is 0 Å². The number of hydrogen-bond acceptors (Lipinski definition) is 1. The van der Waals surface area contributed by atoms with Crippen molar-refractivity contribution in [1.29, 1.82) is 0 Å². The van der Waals surface area contributed by atoms with Crippen LogP contribution in [0.2, 0.25) is 0 Å². The van der Waals surface area contributed by atoms with Crippen LogP contribution in [0.1, 0.15) is 12.8 Å². The van der Waals surface area contributed by atoms with Gasteiger partial charge in [-0.2, -0.15) is 0 Å². The fraction of sp³-hybridized carbons (Fsp3) is 0.857. The van der Waals surface area contributed by atoms with Crippen molar-refractivity contribution in [3.63, 3.8) is 0 Å². The molecule has 0 aliphatic carbocycles. The van der Waals surface area contributed by atoms with Gasteiger partial charge >= 0.3 is 6.09 Å². The molecule has 1 N–H and O–H groups in total. The summed E-state index contributed by atoms with van der Waals surface area (Å²) in [6.07, 6.45) is 1.31. The molecule has 1 amide bonds. The lowest BCUT2D eigenvalue weighted by atomic mass is 10.00. The molecule has 1 aliphatic heterocycles. The minimum atomic E-state index is -0.767. The highest BCUT2D eigenvalue weighted by molar-refractivity contribution is 14.1. The molecule has 11 heavy (non-hydrogen) atoms. The summed E-state index contributed by atoms with van der Waals surface area (Å²) in [4.78, 5) is 12.0. The van der Waals surface area contributed by atoms with E-state index in [4.69, 9.17) is 5.11 Å². The molecule has 64 valence electrons. The molecule has 4 heteroatoms. The normalized spacial score (nSPS) is 20.3. The average molecular weight is 269 g/mol. The molecular weight excluding hydrogens is 257 g/mol. The van der Waals surface area contributed by atoms with E-state index in [1.807, 2.05) is 0 Å². The largest absolute Gasteiger partial charge is 0.465 e. The second kappa shape index (κ2) is 4.13. The third kappa shape index (κ3) is 2.50. The highest BCUT2D eigenvalue weighted by atomic mass is 127. The number of nitrogens with zero attached hydrogens (tertiary/aromatic N) is 1. The summed E-state index contributed by atoms with van der Waals surface area (Å²) in [6.45, 7) is 1.45. The summed E-state index contributed by atoms with van der Waals surface area (Å²) >= 11 is 2.37. The van der Waals surface area contributed by atoms with Gasteiger partial charge in [-0.15, -0.1) is 0 Å². The molecule has 0 aromatic carbocycles. The highest BCUT2D eigenvalue weighted by Gasteiger charge is 2.20. The zero-order chi connectivity index (χ0) is 8.27. The Bertz CT molecular complexity index is 143. The highest BCUT2D eigenvalue weighted by Crippen LogP contribution is 2.18. The van der Waals surface area contributed by atoms with Crippen LogP contribution in [0.4, 0.5) is 4.79 Å². The Morgan fingerprint density at radius 3 is 2.45 bits per heavy atom. The lowest BCUT2D eigenvalue weighted by Gasteiger charge is -2.28. The van der Waals surface area contributed by atoms with E-state index in [9.17, 15) is 4.79 Å². The Hall–Kier alpha value is 0. The number of carboxylic acid groups (broad SMARTS) is 1. The van der Waals surface area contributed by atoms with Crippen molar-refractivity contribution in [2.75, 3.05) is 17.5 Å². The molecule has 0 saturated carbocycles. The topological polar surface area (TPSA) is 40.5 Å². The molecule has 1 rings (SSSR count). The first kappa shape index (κ1) is 9.09. The molecule has 3 nitrogen and oxygen atoms in total. The van der Waals surface area contributed by atoms with Crippen LogP contribution in [-0.2, 0) is 0 Å². The van der Waals surface area contributed by atoms with E-state index in [1.165, 1.54) is 4.90 Å². The second-order valence-electron chi connectivity index (χ2n) is 2.87. The van der Waals surface area contributed by atoms with Crippen molar-refractivity contribution in [2.24, 2.45) is 5.92 Å². The van der Waals surface area contributed by atoms with Crippen molar-refractivity contribution in [3.05, 3.63) is 0 Å². The Kier molecular flexibility index (Phi) is 3.42. The number of likely N-dealkylation sites (tertiary alicyclic amines) is 1. The molecule has 1 fully saturated rings. The lowest BCUT2D eigenvalue weighted by Crippen LogP contribution is -2.37. The summed E-state index contributed by atoms with van der Waals surface area (Å²) in [5.41, 5.74) is 0. The number of carbonyl (C=O) groups is 1. The smallest absolute Gasteiger partial charge is 0.407 e. The van der Waals surface area contributed by atoms with Gasteiger partial charge in [-0.25, -0.2) is 4.79 Å². The zero-order valence-corrected chi connectivity index (χ0v) is 8.45. The van der Waals surface area contributed by atoms with Crippen LogP contribution in [0.5, 0.6) is 0 Å². The summed E-state index contributed by atoms with van der Waals surface area (Å²) in [6, 6.07) is 0. The summed E-state index contributed by atoms with van der Waals surface area (Å²) < 4.78 is 1.16. The summed E-state index contributed by atoms with van der Waals surface area (Å²) in [5.74, 6) is 0.742. The van der Waals surface area contributed by atoms with Crippen LogP contribution in [0, 0.1) is 5.92 Å². The minimum Gasteiger partial charge on any atom is -0.465 e. The van der Waals surface area contributed by atoms with Crippen LogP contribution >= 0.6 is 22.6 Å². The lowest BCUT2D eigenvalue weighted by molar-refractivity contribution is 0.127. The zero-order valence-electron chi connectivity index (χ0n) is 6.29. The fourth-order valence-electron chi connectivity index (χ4n) is 1.28. The molecule has 1 heterocycles. The first-order chi connectivity index (χ1) is 5.24. The van der Waals surface area contributed by atoms with E-state index in [1.54, 1.807) is 0 Å². The molecule has 0 aromatic heterocycles. The predicted molar refractivity (Wildman–Crippen MR) is 51.2 cm³/mol. The third-order valence-corrected chi connectivity index (χ3v) is 3.35. The monoisotopic (exact) mass is 269 g/mol. The SMILES string of the molecule is O=C(O)N1CCC(CI)CC1. The van der Waals surface area contributed by atoms with Crippen molar-refractivity contribution >= 4 is 28.7 Å². The number of hydrogen-bond donors (Lipinski definition) is 1. The molecule has 0 spiro atoms. The first-order valence-corrected chi connectivity index (χ1v) is 5.30. The van der Waals surface area contributed by atoms with Gasteiger partial charge in [-0.1, -0.05) is 22.6 Å². The first-order valence-electron chi connectivity index (χ1n) is 3.78. The van der Waals surface area contributed by atoms with E-state index in [-0.39, 0.29) is 0 Å². The van der Waals surface area contributed by atoms with Crippen molar-refractivity contribution in [2.45, 2.75) is 12.8 Å². The van der Waals surface area contributed by atoms with E-state index in [0.717, 1.165) is 36.3 Å². The van der Waals surface area contributed by atoms with Gasteiger partial charge in [-0.3, -0.25) is 0 Å². The van der Waals surface area contributed by atoms with Gasteiger partial charge in [0.25, 0.3) is 0 Å². The molecule has 0 unspecified atom stereocenters. The summed E-state index contributed by atoms with van der Waals surface area (Å²) in [5, 5.41) is 8.62. The van der Waals surface area contributed by atoms with Gasteiger partial charge in [-0.05, 0) is 18.8 Å². The second-order valence-corrected chi connectivity index (χ2v) is 3.75. The van der Waals surface area contributed by atoms with Crippen LogP contribution in [0.25, 0.3) is 0 Å². The van der Waals surface area contributed by atoms with Gasteiger partial charge in [0.05, 0.1) is 0 Å². The quantitative estimate of drug-likeness (QED) is 0.582. The van der Waals surface area contributed by atoms with Crippen LogP contribution in [-0.4, -0.2) is 33.6 Å². The minimum absolute atomic E-state index is 0.725. The molecule has 1 aliphatic rings. The Labute approximate surface area is 79.9 Å². The number of rotatable bonds is 1. The van der Waals surface area contributed by atoms with Crippen LogP contribution < -0.4 is 0 Å². The Morgan fingerprint density at radius 1 is 1.55 bits per heavy atom. The van der Waals surface area contributed by atoms with E-state index in [0.29, 0.717) is 0 Å². The van der Waals surface area contributed by atoms with Gasteiger partial charge in [0.2, 0.25) is 0 Å².